The quantitative estimate of drug-likeness (QED) is 0.310. The predicted octanol–water partition coefficient (Wildman–Crippen LogP) is 3.77. The van der Waals surface area contributed by atoms with Gasteiger partial charge in [0.2, 0.25) is 5.91 Å². The molecule has 210 valence electrons. The van der Waals surface area contributed by atoms with E-state index in [1.54, 1.807) is 6.92 Å². The molecule has 0 spiro atoms. The Hall–Kier alpha value is -2.69. The Labute approximate surface area is 238 Å². The zero-order valence-corrected chi connectivity index (χ0v) is 24.6. The Morgan fingerprint density at radius 1 is 1.13 bits per heavy atom. The molecule has 1 aliphatic carbocycles. The van der Waals surface area contributed by atoms with Gasteiger partial charge in [0.15, 0.2) is 5.78 Å². The van der Waals surface area contributed by atoms with Gasteiger partial charge in [-0.2, -0.15) is 0 Å². The Bertz CT molecular complexity index is 1240. The first kappa shape index (κ1) is 29.3. The van der Waals surface area contributed by atoms with Gasteiger partial charge < -0.3 is 20.7 Å². The molecule has 1 atom stereocenters. The number of esters is 1. The smallest absolute Gasteiger partial charge is 0.328 e. The van der Waals surface area contributed by atoms with Gasteiger partial charge in [-0.15, -0.1) is 23.1 Å². The minimum absolute atomic E-state index is 0.0633. The fourth-order valence-corrected chi connectivity index (χ4v) is 7.39. The number of carbonyl (C=O) groups is 4. The highest BCUT2D eigenvalue weighted by Crippen LogP contribution is 2.44. The van der Waals surface area contributed by atoms with Crippen molar-refractivity contribution in [2.75, 3.05) is 26.0 Å². The van der Waals surface area contributed by atoms with Gasteiger partial charge in [-0.1, -0.05) is 44.2 Å². The number of Topliss-reactive ketones (excluding diaryl/α,β-unsaturated/α-hetero) is 1. The van der Waals surface area contributed by atoms with Crippen molar-refractivity contribution in [3.05, 3.63) is 51.9 Å². The van der Waals surface area contributed by atoms with E-state index in [1.165, 1.54) is 23.1 Å². The van der Waals surface area contributed by atoms with Gasteiger partial charge in [0.25, 0.3) is 5.91 Å². The lowest BCUT2D eigenvalue weighted by atomic mass is 9.74. The summed E-state index contributed by atoms with van der Waals surface area (Å²) >= 11 is 2.79. The molecular weight excluding hydrogens is 534 g/mol. The van der Waals surface area contributed by atoms with Crippen molar-refractivity contribution in [1.29, 1.82) is 0 Å². The van der Waals surface area contributed by atoms with Crippen LogP contribution < -0.4 is 16.0 Å². The van der Waals surface area contributed by atoms with Crippen LogP contribution in [0.4, 0.5) is 0 Å². The molecule has 0 saturated carbocycles. The molecule has 1 aliphatic heterocycles. The SMILES string of the molecule is CCOC(=O)C(Cc1ccccc1)NC(=O)C1(NC(=O)c2sc(SC)c3c2CC(C)(C)CC3=O)CCNCC1. The van der Waals surface area contributed by atoms with E-state index in [4.69, 9.17) is 4.74 Å². The fourth-order valence-electron chi connectivity index (χ4n) is 5.40. The number of benzene rings is 1. The van der Waals surface area contributed by atoms with Crippen LogP contribution >= 0.6 is 23.1 Å². The maximum Gasteiger partial charge on any atom is 0.328 e. The summed E-state index contributed by atoms with van der Waals surface area (Å²) in [6.07, 6.45) is 4.00. The van der Waals surface area contributed by atoms with Gasteiger partial charge in [-0.25, -0.2) is 4.79 Å². The Morgan fingerprint density at radius 3 is 2.46 bits per heavy atom. The monoisotopic (exact) mass is 571 g/mol. The van der Waals surface area contributed by atoms with Gasteiger partial charge in [0.1, 0.15) is 11.6 Å². The third-order valence-electron chi connectivity index (χ3n) is 7.34. The number of fused-ring (bicyclic) bond motifs is 1. The Kier molecular flexibility index (Phi) is 9.18. The molecule has 2 amide bonds. The third kappa shape index (κ3) is 6.56. The number of thioether (sulfide) groups is 1. The van der Waals surface area contributed by atoms with Crippen molar-refractivity contribution in [2.24, 2.45) is 5.41 Å². The van der Waals surface area contributed by atoms with Gasteiger partial charge in [-0.3, -0.25) is 14.4 Å². The van der Waals surface area contributed by atoms with Crippen LogP contribution in [0.15, 0.2) is 34.5 Å². The summed E-state index contributed by atoms with van der Waals surface area (Å²) in [6.45, 7) is 7.08. The molecule has 0 radical (unpaired) electrons. The summed E-state index contributed by atoms with van der Waals surface area (Å²) in [7, 11) is 0. The molecule has 1 aromatic heterocycles. The zero-order valence-electron chi connectivity index (χ0n) is 23.0. The second kappa shape index (κ2) is 12.2. The Balaban J connectivity index is 1.62. The summed E-state index contributed by atoms with van der Waals surface area (Å²) in [5.74, 6) is -1.20. The third-order valence-corrected chi connectivity index (χ3v) is 9.69. The van der Waals surface area contributed by atoms with E-state index in [9.17, 15) is 19.2 Å². The average Bonchev–Trinajstić information content (AvgIpc) is 3.27. The number of piperidine rings is 1. The number of hydrogen-bond acceptors (Lipinski definition) is 8. The molecule has 1 aromatic carbocycles. The summed E-state index contributed by atoms with van der Waals surface area (Å²) < 4.78 is 6.11. The van der Waals surface area contributed by atoms with Crippen LogP contribution in [0, 0.1) is 5.41 Å². The van der Waals surface area contributed by atoms with Crippen LogP contribution in [0.5, 0.6) is 0 Å². The minimum Gasteiger partial charge on any atom is -0.464 e. The summed E-state index contributed by atoms with van der Waals surface area (Å²) in [5.41, 5.74) is 0.881. The highest BCUT2D eigenvalue weighted by Gasteiger charge is 2.44. The molecule has 2 aliphatic rings. The highest BCUT2D eigenvalue weighted by atomic mass is 32.2. The first-order valence-electron chi connectivity index (χ1n) is 13.4. The van der Waals surface area contributed by atoms with Gasteiger partial charge in [0.05, 0.1) is 15.7 Å². The van der Waals surface area contributed by atoms with E-state index >= 15 is 0 Å². The molecule has 1 saturated heterocycles. The number of amides is 2. The number of carbonyl (C=O) groups excluding carboxylic acids is 4. The second-order valence-electron chi connectivity index (χ2n) is 11.0. The number of hydrogen-bond donors (Lipinski definition) is 3. The first-order valence-corrected chi connectivity index (χ1v) is 15.4. The van der Waals surface area contributed by atoms with Gasteiger partial charge >= 0.3 is 5.97 Å². The first-order chi connectivity index (χ1) is 18.6. The molecule has 0 bridgehead atoms. The van der Waals surface area contributed by atoms with E-state index in [-0.39, 0.29) is 30.1 Å². The Morgan fingerprint density at radius 2 is 1.82 bits per heavy atom. The van der Waals surface area contributed by atoms with Crippen LogP contribution in [0.2, 0.25) is 0 Å². The fraction of sp³-hybridized carbons (Fsp3) is 0.517. The lowest BCUT2D eigenvalue weighted by Gasteiger charge is -2.38. The maximum absolute atomic E-state index is 13.9. The van der Waals surface area contributed by atoms with E-state index in [2.05, 4.69) is 16.0 Å². The zero-order chi connectivity index (χ0) is 28.2. The standard InChI is InChI=1S/C29H37N3O5S2/c1-5-37-25(35)20(15-18-9-7-6-8-10-18)31-27(36)29(11-13-30-14-12-29)32-24(34)23-19-16-28(2,3)17-21(33)22(19)26(38-4)39-23/h6-10,20,30H,5,11-17H2,1-4H3,(H,31,36)(H,32,34). The van der Waals surface area contributed by atoms with Crippen molar-refractivity contribution >= 4 is 46.7 Å². The summed E-state index contributed by atoms with van der Waals surface area (Å²) in [4.78, 5) is 54.1. The normalized spacial score (nSPS) is 18.5. The molecule has 4 rings (SSSR count). The largest absolute Gasteiger partial charge is 0.464 e. The van der Waals surface area contributed by atoms with E-state index in [0.29, 0.717) is 49.2 Å². The van der Waals surface area contributed by atoms with Crippen LogP contribution in [0.25, 0.3) is 0 Å². The topological polar surface area (TPSA) is 114 Å². The van der Waals surface area contributed by atoms with Gasteiger partial charge in [-0.05, 0) is 62.1 Å². The molecule has 10 heteroatoms. The van der Waals surface area contributed by atoms with Crippen molar-refractivity contribution in [3.63, 3.8) is 0 Å². The molecule has 1 fully saturated rings. The van der Waals surface area contributed by atoms with Crippen molar-refractivity contribution in [3.8, 4) is 0 Å². The van der Waals surface area contributed by atoms with E-state index < -0.39 is 23.5 Å². The molecular formula is C29H37N3O5S2. The second-order valence-corrected chi connectivity index (χ2v) is 13.1. The number of ketones is 1. The molecule has 2 aromatic rings. The number of rotatable bonds is 9. The van der Waals surface area contributed by atoms with Crippen LogP contribution in [-0.4, -0.2) is 61.1 Å². The predicted molar refractivity (Wildman–Crippen MR) is 154 cm³/mol. The molecule has 8 nitrogen and oxygen atoms in total. The number of thiophene rings is 1. The van der Waals surface area contributed by atoms with Gasteiger partial charge in [0, 0.05) is 18.4 Å². The van der Waals surface area contributed by atoms with Crippen LogP contribution in [0.1, 0.15) is 71.2 Å². The lowest BCUT2D eigenvalue weighted by Crippen LogP contribution is -2.64. The van der Waals surface area contributed by atoms with Crippen molar-refractivity contribution in [1.82, 2.24) is 16.0 Å². The summed E-state index contributed by atoms with van der Waals surface area (Å²) in [5, 5.41) is 9.23. The van der Waals surface area contributed by atoms with E-state index in [1.807, 2.05) is 50.4 Å². The molecule has 3 N–H and O–H groups in total. The minimum atomic E-state index is -1.20. The average molecular weight is 572 g/mol. The lowest BCUT2D eigenvalue weighted by molar-refractivity contribution is -0.148. The highest BCUT2D eigenvalue weighted by molar-refractivity contribution is 8.00. The molecule has 39 heavy (non-hydrogen) atoms. The maximum atomic E-state index is 13.9. The molecule has 2 heterocycles. The number of ether oxygens (including phenoxy) is 1. The van der Waals surface area contributed by atoms with Crippen LogP contribution in [-0.2, 0) is 27.2 Å². The molecule has 1 unspecified atom stereocenters. The number of nitrogens with one attached hydrogen (secondary N) is 3. The van der Waals surface area contributed by atoms with Crippen molar-refractivity contribution in [2.45, 2.75) is 68.7 Å². The van der Waals surface area contributed by atoms with Crippen molar-refractivity contribution < 1.29 is 23.9 Å². The van der Waals surface area contributed by atoms with E-state index in [0.717, 1.165) is 15.3 Å². The summed E-state index contributed by atoms with van der Waals surface area (Å²) in [6, 6.07) is 8.55. The van der Waals surface area contributed by atoms with Crippen LogP contribution in [0.3, 0.4) is 0 Å².